The number of nitrogens with zero attached hydrogens (tertiary/aromatic N) is 3. The molecule has 134 valence electrons. The van der Waals surface area contributed by atoms with Gasteiger partial charge >= 0.3 is 0 Å². The molecular formula is C19H25FN4O. The summed E-state index contributed by atoms with van der Waals surface area (Å²) in [5.41, 5.74) is 1.99. The van der Waals surface area contributed by atoms with Crippen LogP contribution in [0.15, 0.2) is 36.5 Å². The zero-order valence-electron chi connectivity index (χ0n) is 14.8. The van der Waals surface area contributed by atoms with Gasteiger partial charge in [0.25, 0.3) is 0 Å². The monoisotopic (exact) mass is 344 g/mol. The number of hydrogen-bond donors (Lipinski definition) is 1. The van der Waals surface area contributed by atoms with Gasteiger partial charge in [0.2, 0.25) is 5.91 Å². The lowest BCUT2D eigenvalue weighted by Crippen LogP contribution is -2.48. The maximum atomic E-state index is 13.3. The molecule has 1 amide bonds. The minimum absolute atomic E-state index is 0.0734. The Morgan fingerprint density at radius 2 is 2.16 bits per heavy atom. The van der Waals surface area contributed by atoms with Crippen LogP contribution in [0.3, 0.4) is 0 Å². The van der Waals surface area contributed by atoms with Gasteiger partial charge in [-0.1, -0.05) is 12.1 Å². The summed E-state index contributed by atoms with van der Waals surface area (Å²) in [6, 6.07) is 8.27. The average Bonchev–Trinajstić information content (AvgIpc) is 3.15. The van der Waals surface area contributed by atoms with Crippen molar-refractivity contribution >= 4 is 5.91 Å². The molecular weight excluding hydrogens is 319 g/mol. The number of halogens is 1. The predicted octanol–water partition coefficient (Wildman–Crippen LogP) is 2.78. The van der Waals surface area contributed by atoms with Gasteiger partial charge in [-0.05, 0) is 56.6 Å². The quantitative estimate of drug-likeness (QED) is 0.907. The van der Waals surface area contributed by atoms with Crippen LogP contribution in [0.5, 0.6) is 0 Å². The summed E-state index contributed by atoms with van der Waals surface area (Å²) < 4.78 is 13.3. The van der Waals surface area contributed by atoms with Crippen LogP contribution in [0.1, 0.15) is 36.9 Å². The first kappa shape index (κ1) is 17.6. The fourth-order valence-electron chi connectivity index (χ4n) is 3.55. The lowest BCUT2D eigenvalue weighted by atomic mass is 9.93. The number of hydrogen-bond acceptors (Lipinski definition) is 3. The SMILES string of the molecule is CC(C(=O)N(C)Cc1cccc(F)c1)N1CCC(c2ccn[nH]2)CC1. The minimum atomic E-state index is -0.271. The molecule has 0 spiro atoms. The molecule has 0 saturated carbocycles. The van der Waals surface area contributed by atoms with Crippen molar-refractivity contribution in [1.29, 1.82) is 0 Å². The van der Waals surface area contributed by atoms with Gasteiger partial charge < -0.3 is 4.90 Å². The van der Waals surface area contributed by atoms with Crippen molar-refractivity contribution in [3.05, 3.63) is 53.6 Å². The van der Waals surface area contributed by atoms with E-state index < -0.39 is 0 Å². The van der Waals surface area contributed by atoms with E-state index in [1.807, 2.05) is 19.1 Å². The van der Waals surface area contributed by atoms with Gasteiger partial charge in [0.05, 0.1) is 6.04 Å². The van der Waals surface area contributed by atoms with Crippen LogP contribution in [0.2, 0.25) is 0 Å². The lowest BCUT2D eigenvalue weighted by Gasteiger charge is -2.36. The second-order valence-corrected chi connectivity index (χ2v) is 6.82. The van der Waals surface area contributed by atoms with Crippen LogP contribution in [0.25, 0.3) is 0 Å². The number of aromatic nitrogens is 2. The van der Waals surface area contributed by atoms with Crippen LogP contribution in [0, 0.1) is 5.82 Å². The highest BCUT2D eigenvalue weighted by molar-refractivity contribution is 5.81. The zero-order chi connectivity index (χ0) is 17.8. The first-order chi connectivity index (χ1) is 12.0. The van der Waals surface area contributed by atoms with Crippen LogP contribution in [-0.4, -0.2) is 52.1 Å². The van der Waals surface area contributed by atoms with Crippen molar-refractivity contribution in [3.8, 4) is 0 Å². The smallest absolute Gasteiger partial charge is 0.239 e. The molecule has 1 aromatic carbocycles. The molecule has 1 aliphatic rings. The fourth-order valence-corrected chi connectivity index (χ4v) is 3.55. The van der Waals surface area contributed by atoms with E-state index in [0.29, 0.717) is 12.5 Å². The summed E-state index contributed by atoms with van der Waals surface area (Å²) in [4.78, 5) is 16.6. The summed E-state index contributed by atoms with van der Waals surface area (Å²) in [6.45, 7) is 4.17. The minimum Gasteiger partial charge on any atom is -0.340 e. The molecule has 6 heteroatoms. The predicted molar refractivity (Wildman–Crippen MR) is 94.5 cm³/mol. The molecule has 1 saturated heterocycles. The molecule has 1 aliphatic heterocycles. The summed E-state index contributed by atoms with van der Waals surface area (Å²) in [7, 11) is 1.78. The fraction of sp³-hybridized carbons (Fsp3) is 0.474. The molecule has 3 rings (SSSR count). The number of amides is 1. The molecule has 1 fully saturated rings. The number of likely N-dealkylation sites (N-methyl/N-ethyl adjacent to an activating group) is 1. The number of carbonyl (C=O) groups is 1. The Balaban J connectivity index is 1.53. The van der Waals surface area contributed by atoms with Crippen molar-refractivity contribution in [2.45, 2.75) is 38.3 Å². The van der Waals surface area contributed by atoms with Crippen LogP contribution < -0.4 is 0 Å². The topological polar surface area (TPSA) is 52.2 Å². The molecule has 1 N–H and O–H groups in total. The van der Waals surface area contributed by atoms with Crippen molar-refractivity contribution in [2.24, 2.45) is 0 Å². The van der Waals surface area contributed by atoms with E-state index in [-0.39, 0.29) is 17.8 Å². The average molecular weight is 344 g/mol. The van der Waals surface area contributed by atoms with E-state index in [1.165, 1.54) is 17.8 Å². The van der Waals surface area contributed by atoms with E-state index in [2.05, 4.69) is 15.1 Å². The second-order valence-electron chi connectivity index (χ2n) is 6.82. The van der Waals surface area contributed by atoms with Gasteiger partial charge in [-0.3, -0.25) is 14.8 Å². The third kappa shape index (κ3) is 4.25. The lowest BCUT2D eigenvalue weighted by molar-refractivity contribution is -0.136. The third-order valence-corrected chi connectivity index (χ3v) is 5.08. The third-order valence-electron chi connectivity index (χ3n) is 5.08. The number of nitrogens with one attached hydrogen (secondary N) is 1. The Hall–Kier alpha value is -2.21. The molecule has 1 aromatic heterocycles. The molecule has 5 nitrogen and oxygen atoms in total. The van der Waals surface area contributed by atoms with E-state index in [0.717, 1.165) is 31.5 Å². The molecule has 2 aromatic rings. The number of H-pyrrole nitrogens is 1. The summed E-state index contributed by atoms with van der Waals surface area (Å²) in [5, 5.41) is 7.07. The molecule has 2 heterocycles. The number of piperidine rings is 1. The van der Waals surface area contributed by atoms with E-state index >= 15 is 0 Å². The first-order valence-electron chi connectivity index (χ1n) is 8.77. The van der Waals surface area contributed by atoms with Crippen LogP contribution in [-0.2, 0) is 11.3 Å². The molecule has 0 bridgehead atoms. The molecule has 0 radical (unpaired) electrons. The van der Waals surface area contributed by atoms with Gasteiger partial charge in [0.1, 0.15) is 5.82 Å². The highest BCUT2D eigenvalue weighted by atomic mass is 19.1. The van der Waals surface area contributed by atoms with Gasteiger partial charge in [-0.25, -0.2) is 4.39 Å². The molecule has 1 atom stereocenters. The van der Waals surface area contributed by atoms with Gasteiger partial charge in [-0.15, -0.1) is 0 Å². The van der Waals surface area contributed by atoms with Gasteiger partial charge in [0, 0.05) is 31.4 Å². The van der Waals surface area contributed by atoms with Crippen LogP contribution in [0.4, 0.5) is 4.39 Å². The molecule has 0 aliphatic carbocycles. The standard InChI is InChI=1S/C19H25FN4O/c1-14(19(25)23(2)13-15-4-3-5-17(20)12-15)24-10-7-16(8-11-24)18-6-9-21-22-18/h3-6,9,12,14,16H,7-8,10-11,13H2,1-2H3,(H,21,22). The number of benzene rings is 1. The Morgan fingerprint density at radius 1 is 1.40 bits per heavy atom. The Kier molecular flexibility index (Phi) is 5.48. The van der Waals surface area contributed by atoms with Crippen LogP contribution >= 0.6 is 0 Å². The maximum Gasteiger partial charge on any atom is 0.239 e. The van der Waals surface area contributed by atoms with Gasteiger partial charge in [-0.2, -0.15) is 5.10 Å². The molecule has 25 heavy (non-hydrogen) atoms. The summed E-state index contributed by atoms with van der Waals surface area (Å²) >= 11 is 0. The van der Waals surface area contributed by atoms with E-state index in [1.54, 1.807) is 24.2 Å². The largest absolute Gasteiger partial charge is 0.340 e. The normalized spacial score (nSPS) is 17.4. The second kappa shape index (κ2) is 7.78. The highest BCUT2D eigenvalue weighted by Crippen LogP contribution is 2.27. The number of aromatic amines is 1. The van der Waals surface area contributed by atoms with Crippen molar-refractivity contribution in [3.63, 3.8) is 0 Å². The van der Waals surface area contributed by atoms with Crippen molar-refractivity contribution in [2.75, 3.05) is 20.1 Å². The number of likely N-dealkylation sites (tertiary alicyclic amines) is 1. The van der Waals surface area contributed by atoms with Gasteiger partial charge in [0.15, 0.2) is 0 Å². The highest BCUT2D eigenvalue weighted by Gasteiger charge is 2.29. The first-order valence-corrected chi connectivity index (χ1v) is 8.77. The summed E-state index contributed by atoms with van der Waals surface area (Å²) in [5.74, 6) is 0.294. The van der Waals surface area contributed by atoms with Crippen molar-refractivity contribution < 1.29 is 9.18 Å². The maximum absolute atomic E-state index is 13.3. The Morgan fingerprint density at radius 3 is 2.80 bits per heavy atom. The number of rotatable bonds is 5. The van der Waals surface area contributed by atoms with E-state index in [9.17, 15) is 9.18 Å². The number of carbonyl (C=O) groups excluding carboxylic acids is 1. The molecule has 1 unspecified atom stereocenters. The Bertz CT molecular complexity index is 695. The Labute approximate surface area is 147 Å². The van der Waals surface area contributed by atoms with E-state index in [4.69, 9.17) is 0 Å². The van der Waals surface area contributed by atoms with Crippen molar-refractivity contribution in [1.82, 2.24) is 20.0 Å². The summed E-state index contributed by atoms with van der Waals surface area (Å²) in [6.07, 6.45) is 3.83. The zero-order valence-corrected chi connectivity index (χ0v) is 14.8.